The van der Waals surface area contributed by atoms with Crippen molar-refractivity contribution < 1.29 is 4.74 Å². The number of aromatic amines is 1. The Labute approximate surface area is 138 Å². The Balaban J connectivity index is 1.83. The van der Waals surface area contributed by atoms with Gasteiger partial charge in [-0.15, -0.1) is 0 Å². The first-order valence-corrected chi connectivity index (χ1v) is 8.55. The van der Waals surface area contributed by atoms with E-state index in [4.69, 9.17) is 4.74 Å². The molecule has 1 N–H and O–H groups in total. The topological polar surface area (TPSA) is 41.2 Å². The lowest BCUT2D eigenvalue weighted by atomic mass is 9.95. The molecule has 1 fully saturated rings. The number of aryl methyl sites for hydroxylation is 1. The molecular weight excluding hydrogens is 286 g/mol. The second-order valence-corrected chi connectivity index (χ2v) is 6.71. The van der Waals surface area contributed by atoms with Crippen molar-refractivity contribution in [3.05, 3.63) is 41.2 Å². The second-order valence-electron chi connectivity index (χ2n) is 6.71. The van der Waals surface area contributed by atoms with Crippen LogP contribution in [0.4, 0.5) is 0 Å². The average molecular weight is 313 g/mol. The van der Waals surface area contributed by atoms with E-state index in [1.165, 1.54) is 16.7 Å². The van der Waals surface area contributed by atoms with E-state index >= 15 is 0 Å². The third kappa shape index (κ3) is 3.33. The maximum Gasteiger partial charge on any atom is 0.0728 e. The summed E-state index contributed by atoms with van der Waals surface area (Å²) < 4.78 is 5.45. The molecule has 2 heterocycles. The molecule has 3 rings (SSSR count). The van der Waals surface area contributed by atoms with E-state index in [0.29, 0.717) is 12.0 Å². The van der Waals surface area contributed by atoms with Gasteiger partial charge in [0.2, 0.25) is 0 Å². The highest BCUT2D eigenvalue weighted by Crippen LogP contribution is 2.31. The highest BCUT2D eigenvalue weighted by Gasteiger charge is 2.19. The number of nitrogens with one attached hydrogen (secondary N) is 1. The van der Waals surface area contributed by atoms with Gasteiger partial charge in [0, 0.05) is 30.4 Å². The van der Waals surface area contributed by atoms with E-state index in [-0.39, 0.29) is 0 Å². The Hall–Kier alpha value is -1.65. The summed E-state index contributed by atoms with van der Waals surface area (Å²) in [6, 6.07) is 9.41. The van der Waals surface area contributed by atoms with Crippen LogP contribution in [-0.2, 0) is 4.74 Å². The van der Waals surface area contributed by atoms with Crippen LogP contribution in [0.1, 0.15) is 49.7 Å². The number of morpholine rings is 1. The number of nitrogens with zero attached hydrogens (tertiary/aromatic N) is 2. The van der Waals surface area contributed by atoms with Crippen molar-refractivity contribution in [1.82, 2.24) is 15.1 Å². The first-order valence-electron chi connectivity index (χ1n) is 8.55. The number of benzene rings is 1. The normalized spacial score (nSPS) is 17.6. The summed E-state index contributed by atoms with van der Waals surface area (Å²) in [7, 11) is 0. The molecule has 1 saturated heterocycles. The number of ether oxygens (including phenoxy) is 1. The third-order valence-electron chi connectivity index (χ3n) is 4.80. The third-order valence-corrected chi connectivity index (χ3v) is 4.80. The fraction of sp³-hybridized carbons (Fsp3) is 0.526. The molecule has 1 aromatic carbocycles. The molecule has 1 atom stereocenters. The van der Waals surface area contributed by atoms with E-state index in [0.717, 1.165) is 37.7 Å². The molecule has 4 nitrogen and oxygen atoms in total. The molecule has 0 amide bonds. The largest absolute Gasteiger partial charge is 0.379 e. The van der Waals surface area contributed by atoms with Crippen LogP contribution in [0.2, 0.25) is 0 Å². The first kappa shape index (κ1) is 16.2. The first-order chi connectivity index (χ1) is 11.1. The summed E-state index contributed by atoms with van der Waals surface area (Å²) >= 11 is 0. The summed E-state index contributed by atoms with van der Waals surface area (Å²) in [5.41, 5.74) is 6.16. The summed E-state index contributed by atoms with van der Waals surface area (Å²) in [6.45, 7) is 12.5. The lowest BCUT2D eigenvalue weighted by molar-refractivity contribution is 0.0198. The van der Waals surface area contributed by atoms with E-state index in [1.807, 2.05) is 0 Å². The van der Waals surface area contributed by atoms with Gasteiger partial charge in [0.1, 0.15) is 0 Å². The number of H-pyrrole nitrogens is 1. The van der Waals surface area contributed by atoms with Crippen LogP contribution < -0.4 is 0 Å². The van der Waals surface area contributed by atoms with Gasteiger partial charge in [-0.2, -0.15) is 5.10 Å². The van der Waals surface area contributed by atoms with Crippen LogP contribution in [0, 0.1) is 6.92 Å². The number of aromatic nitrogens is 2. The van der Waals surface area contributed by atoms with E-state index < -0.39 is 0 Å². The van der Waals surface area contributed by atoms with Crippen LogP contribution >= 0.6 is 0 Å². The molecule has 4 heteroatoms. The molecular formula is C19H27N3O. The minimum atomic E-state index is 0.418. The minimum absolute atomic E-state index is 0.418. The second kappa shape index (κ2) is 6.85. The van der Waals surface area contributed by atoms with Gasteiger partial charge in [-0.3, -0.25) is 10.00 Å². The monoisotopic (exact) mass is 313 g/mol. The Morgan fingerprint density at radius 2 is 1.74 bits per heavy atom. The summed E-state index contributed by atoms with van der Waals surface area (Å²) in [5, 5.41) is 7.61. The molecule has 0 radical (unpaired) electrons. The fourth-order valence-corrected chi connectivity index (χ4v) is 3.33. The molecule has 0 unspecified atom stereocenters. The molecule has 124 valence electrons. The van der Waals surface area contributed by atoms with E-state index in [9.17, 15) is 0 Å². The highest BCUT2D eigenvalue weighted by molar-refractivity contribution is 5.69. The van der Waals surface area contributed by atoms with Crippen molar-refractivity contribution in [2.45, 2.75) is 39.7 Å². The van der Waals surface area contributed by atoms with Crippen LogP contribution in [0.25, 0.3) is 11.1 Å². The van der Waals surface area contributed by atoms with Gasteiger partial charge >= 0.3 is 0 Å². The van der Waals surface area contributed by atoms with Crippen molar-refractivity contribution in [2.75, 3.05) is 26.3 Å². The molecule has 1 aromatic heterocycles. The zero-order chi connectivity index (χ0) is 16.4. The van der Waals surface area contributed by atoms with Gasteiger partial charge in [-0.1, -0.05) is 38.1 Å². The molecule has 0 saturated carbocycles. The van der Waals surface area contributed by atoms with Crippen LogP contribution in [0.5, 0.6) is 0 Å². The SMILES string of the molecule is Cc1[nH]nc(C(C)C)c1-c1ccc([C@H](C)N2CCOCC2)cc1. The molecule has 0 bridgehead atoms. The van der Waals surface area contributed by atoms with Crippen molar-refractivity contribution in [2.24, 2.45) is 0 Å². The zero-order valence-electron chi connectivity index (χ0n) is 14.6. The number of hydrogen-bond acceptors (Lipinski definition) is 3. The van der Waals surface area contributed by atoms with Gasteiger partial charge in [-0.25, -0.2) is 0 Å². The maximum atomic E-state index is 5.45. The van der Waals surface area contributed by atoms with Crippen molar-refractivity contribution in [1.29, 1.82) is 0 Å². The Bertz CT molecular complexity index is 639. The fourth-order valence-electron chi connectivity index (χ4n) is 3.33. The molecule has 1 aliphatic heterocycles. The van der Waals surface area contributed by atoms with Gasteiger partial charge in [0.15, 0.2) is 0 Å². The Kier molecular flexibility index (Phi) is 4.83. The smallest absolute Gasteiger partial charge is 0.0728 e. The van der Waals surface area contributed by atoms with Gasteiger partial charge < -0.3 is 4.74 Å². The number of hydrogen-bond donors (Lipinski definition) is 1. The molecule has 0 spiro atoms. The maximum absolute atomic E-state index is 5.45. The standard InChI is InChI=1S/C19H27N3O/c1-13(2)19-18(14(3)20-21-19)17-7-5-16(6-8-17)15(4)22-9-11-23-12-10-22/h5-8,13,15H,9-12H2,1-4H3,(H,20,21)/t15-/m0/s1. The average Bonchev–Trinajstić information content (AvgIpc) is 2.97. The quantitative estimate of drug-likeness (QED) is 0.930. The lowest BCUT2D eigenvalue weighted by Crippen LogP contribution is -2.37. The predicted molar refractivity (Wildman–Crippen MR) is 93.7 cm³/mol. The predicted octanol–water partition coefficient (Wildman–Crippen LogP) is 3.90. The lowest BCUT2D eigenvalue weighted by Gasteiger charge is -2.32. The molecule has 2 aromatic rings. The molecule has 0 aliphatic carbocycles. The van der Waals surface area contributed by atoms with Crippen molar-refractivity contribution >= 4 is 0 Å². The zero-order valence-corrected chi connectivity index (χ0v) is 14.6. The van der Waals surface area contributed by atoms with Crippen LogP contribution in [0.3, 0.4) is 0 Å². The van der Waals surface area contributed by atoms with Crippen molar-refractivity contribution in [3.63, 3.8) is 0 Å². The highest BCUT2D eigenvalue weighted by atomic mass is 16.5. The summed E-state index contributed by atoms with van der Waals surface area (Å²) in [4.78, 5) is 2.49. The van der Waals surface area contributed by atoms with Gasteiger partial charge in [0.25, 0.3) is 0 Å². The van der Waals surface area contributed by atoms with E-state index in [1.54, 1.807) is 0 Å². The molecule has 1 aliphatic rings. The Morgan fingerprint density at radius 1 is 1.09 bits per heavy atom. The van der Waals surface area contributed by atoms with Crippen LogP contribution in [0.15, 0.2) is 24.3 Å². The van der Waals surface area contributed by atoms with Crippen molar-refractivity contribution in [3.8, 4) is 11.1 Å². The minimum Gasteiger partial charge on any atom is -0.379 e. The summed E-state index contributed by atoms with van der Waals surface area (Å²) in [6.07, 6.45) is 0. The van der Waals surface area contributed by atoms with Crippen LogP contribution in [-0.4, -0.2) is 41.4 Å². The van der Waals surface area contributed by atoms with E-state index in [2.05, 4.69) is 67.1 Å². The van der Waals surface area contributed by atoms with Gasteiger partial charge in [0.05, 0.1) is 18.9 Å². The molecule has 23 heavy (non-hydrogen) atoms. The van der Waals surface area contributed by atoms with Gasteiger partial charge in [-0.05, 0) is 30.9 Å². The summed E-state index contributed by atoms with van der Waals surface area (Å²) in [5.74, 6) is 0.418. The Morgan fingerprint density at radius 3 is 2.35 bits per heavy atom. The number of rotatable bonds is 4.